The van der Waals surface area contributed by atoms with Crippen molar-refractivity contribution in [3.05, 3.63) is 0 Å². The van der Waals surface area contributed by atoms with Gasteiger partial charge in [-0.1, -0.05) is 26.2 Å². The molecule has 0 spiro atoms. The second-order valence-corrected chi connectivity index (χ2v) is 34.5. The molecule has 1 heterocycles. The minimum absolute atomic E-state index is 0.499. The van der Waals surface area contributed by atoms with Crippen LogP contribution >= 0.6 is 0 Å². The van der Waals surface area contributed by atoms with E-state index >= 15 is 0 Å². The molecule has 0 atom stereocenters. The van der Waals surface area contributed by atoms with E-state index in [4.69, 9.17) is 0 Å². The van der Waals surface area contributed by atoms with Crippen LogP contribution in [0.15, 0.2) is 0 Å². The molecule has 44 valence electrons. The van der Waals surface area contributed by atoms with E-state index < -0.39 is 14.2 Å². The summed E-state index contributed by atoms with van der Waals surface area (Å²) in [5, 5.41) is 0. The Morgan fingerprint density at radius 3 is 1.00 bits per heavy atom. The summed E-state index contributed by atoms with van der Waals surface area (Å²) in [6.07, 6.45) is 0. The van der Waals surface area contributed by atoms with Crippen molar-refractivity contribution in [2.75, 3.05) is 0 Å². The average Bonchev–Trinajstić information content (AvgIpc) is 1.64. The molecule has 1 rings (SSSR count). The van der Waals surface area contributed by atoms with Crippen LogP contribution in [-0.4, -0.2) is 31.3 Å². The summed E-state index contributed by atoms with van der Waals surface area (Å²) in [5.41, 5.74) is 0. The average molecular weight is 172 g/mol. The van der Waals surface area contributed by atoms with Gasteiger partial charge in [0.25, 0.3) is 0 Å². The molecule has 8 heavy (non-hydrogen) atoms. The maximum atomic E-state index is 2.58. The Labute approximate surface area is 57.9 Å². The first-order valence-corrected chi connectivity index (χ1v) is 15.0. The summed E-state index contributed by atoms with van der Waals surface area (Å²) in [4.78, 5) is 0. The second-order valence-electron chi connectivity index (χ2n) is 3.50. The van der Waals surface area contributed by atoms with Gasteiger partial charge in [0, 0.05) is 31.3 Å². The first-order chi connectivity index (χ1) is 3.46. The Kier molecular flexibility index (Phi) is 1.46. The highest BCUT2D eigenvalue weighted by molar-refractivity contribution is 7.96. The largest absolute Gasteiger partial charge is 0.0740 e. The minimum atomic E-state index is -0.499. The lowest BCUT2D eigenvalue weighted by molar-refractivity contribution is 1.90. The normalized spacial score (nSPS) is 31.5. The van der Waals surface area contributed by atoms with Crippen LogP contribution in [0, 0.1) is 0 Å². The Morgan fingerprint density at radius 1 is 0.750 bits per heavy atom. The highest BCUT2D eigenvalue weighted by atomic mass is 30.1. The smallest absolute Gasteiger partial charge is 0.0238 e. The standard InChI is InChI=1S/C4H12Si4/c1-7(2)5-6-8(7,3)4/h1-4H3. The predicted octanol–water partition coefficient (Wildman–Crippen LogP) is 0.812. The molecule has 0 amide bonds. The van der Waals surface area contributed by atoms with Crippen LogP contribution in [0.5, 0.6) is 0 Å². The van der Waals surface area contributed by atoms with Gasteiger partial charge >= 0.3 is 0 Å². The van der Waals surface area contributed by atoms with Crippen LogP contribution in [0.1, 0.15) is 0 Å². The fourth-order valence-corrected chi connectivity index (χ4v) is 45.6. The Bertz CT molecular complexity index is 92.6. The summed E-state index contributed by atoms with van der Waals surface area (Å²) in [5.74, 6) is 0. The van der Waals surface area contributed by atoms with Crippen molar-refractivity contribution >= 4 is 31.3 Å². The third-order valence-electron chi connectivity index (χ3n) is 2.25. The lowest BCUT2D eigenvalue weighted by Crippen LogP contribution is -2.77. The maximum Gasteiger partial charge on any atom is 0.0238 e. The third kappa shape index (κ3) is 0.831. The fraction of sp³-hybridized carbons (Fsp3) is 1.00. The third-order valence-corrected chi connectivity index (χ3v) is 56.2. The van der Waals surface area contributed by atoms with Crippen molar-refractivity contribution < 1.29 is 0 Å². The van der Waals surface area contributed by atoms with Gasteiger partial charge in [-0.15, -0.1) is 0 Å². The first kappa shape index (κ1) is 6.98. The minimum Gasteiger partial charge on any atom is -0.0740 e. The van der Waals surface area contributed by atoms with Crippen LogP contribution in [0.4, 0.5) is 0 Å². The molecule has 0 N–H and O–H groups in total. The molecule has 0 aromatic carbocycles. The van der Waals surface area contributed by atoms with Gasteiger partial charge in [0.1, 0.15) is 0 Å². The molecular weight excluding hydrogens is 160 g/mol. The molecule has 0 bridgehead atoms. The van der Waals surface area contributed by atoms with E-state index in [9.17, 15) is 0 Å². The maximum absolute atomic E-state index is 2.58. The molecule has 4 heteroatoms. The Morgan fingerprint density at radius 2 is 1.00 bits per heavy atom. The van der Waals surface area contributed by atoms with Crippen LogP contribution in [0.25, 0.3) is 0 Å². The van der Waals surface area contributed by atoms with Crippen molar-refractivity contribution in [3.8, 4) is 0 Å². The van der Waals surface area contributed by atoms with Gasteiger partial charge in [-0.25, -0.2) is 0 Å². The Balaban J connectivity index is 2.63. The van der Waals surface area contributed by atoms with Crippen LogP contribution < -0.4 is 0 Å². The number of hydrogen-bond acceptors (Lipinski definition) is 0. The van der Waals surface area contributed by atoms with Gasteiger partial charge in [0.05, 0.1) is 0 Å². The SMILES string of the molecule is C[Si]1(C)[Si][Si][Si]1(C)C. The number of hydrogen-bond donors (Lipinski definition) is 0. The van der Waals surface area contributed by atoms with Crippen molar-refractivity contribution in [3.63, 3.8) is 0 Å². The number of rotatable bonds is 0. The molecule has 1 fully saturated rings. The fourth-order valence-electron chi connectivity index (χ4n) is 0.562. The molecule has 0 unspecified atom stereocenters. The molecule has 0 aromatic heterocycles. The van der Waals surface area contributed by atoms with E-state index in [1.807, 2.05) is 0 Å². The van der Waals surface area contributed by atoms with Gasteiger partial charge in [-0.2, -0.15) is 0 Å². The molecule has 1 aliphatic heterocycles. The van der Waals surface area contributed by atoms with E-state index in [-0.39, 0.29) is 0 Å². The Hall–Kier alpha value is 0.868. The van der Waals surface area contributed by atoms with Gasteiger partial charge in [0.15, 0.2) is 0 Å². The molecular formula is C4H12Si4. The highest BCUT2D eigenvalue weighted by Crippen LogP contribution is 2.24. The second kappa shape index (κ2) is 1.68. The van der Waals surface area contributed by atoms with E-state index in [2.05, 4.69) is 26.2 Å². The molecule has 0 aromatic rings. The molecule has 4 radical (unpaired) electrons. The summed E-state index contributed by atoms with van der Waals surface area (Å²) >= 11 is 0. The van der Waals surface area contributed by atoms with Crippen LogP contribution in [0.3, 0.4) is 0 Å². The zero-order chi connectivity index (χ0) is 6.41. The van der Waals surface area contributed by atoms with Gasteiger partial charge in [-0.05, 0) is 0 Å². The van der Waals surface area contributed by atoms with E-state index in [1.165, 1.54) is 17.1 Å². The monoisotopic (exact) mass is 172 g/mol. The molecule has 0 nitrogen and oxygen atoms in total. The van der Waals surface area contributed by atoms with E-state index in [0.29, 0.717) is 0 Å². The summed E-state index contributed by atoms with van der Waals surface area (Å²) in [6, 6.07) is 0. The predicted molar refractivity (Wildman–Crippen MR) is 46.5 cm³/mol. The summed E-state index contributed by atoms with van der Waals surface area (Å²) in [6.45, 7) is 10.3. The van der Waals surface area contributed by atoms with Crippen molar-refractivity contribution in [1.29, 1.82) is 0 Å². The molecule has 1 saturated heterocycles. The van der Waals surface area contributed by atoms with Crippen molar-refractivity contribution in [2.24, 2.45) is 0 Å². The lowest BCUT2D eigenvalue weighted by atomic mass is 11.9. The van der Waals surface area contributed by atoms with Crippen molar-refractivity contribution in [2.45, 2.75) is 26.2 Å². The van der Waals surface area contributed by atoms with Gasteiger partial charge < -0.3 is 0 Å². The van der Waals surface area contributed by atoms with Crippen LogP contribution in [0.2, 0.25) is 26.2 Å². The lowest BCUT2D eigenvalue weighted by Gasteiger charge is -2.48. The quantitative estimate of drug-likeness (QED) is 0.475. The molecule has 0 aliphatic carbocycles. The highest BCUT2D eigenvalue weighted by Gasteiger charge is 2.49. The van der Waals surface area contributed by atoms with Crippen LogP contribution in [-0.2, 0) is 0 Å². The zero-order valence-corrected chi connectivity index (χ0v) is 10.0. The summed E-state index contributed by atoms with van der Waals surface area (Å²) < 4.78 is 0. The summed E-state index contributed by atoms with van der Waals surface area (Å²) in [7, 11) is 1.86. The zero-order valence-electron chi connectivity index (χ0n) is 6.00. The van der Waals surface area contributed by atoms with E-state index in [0.717, 1.165) is 0 Å². The first-order valence-electron chi connectivity index (χ1n) is 3.00. The molecule has 1 aliphatic rings. The molecule has 0 saturated carbocycles. The van der Waals surface area contributed by atoms with Crippen molar-refractivity contribution in [1.82, 2.24) is 0 Å². The van der Waals surface area contributed by atoms with Gasteiger partial charge in [-0.3, -0.25) is 0 Å². The topological polar surface area (TPSA) is 0 Å². The van der Waals surface area contributed by atoms with E-state index in [1.54, 1.807) is 0 Å². The van der Waals surface area contributed by atoms with Gasteiger partial charge in [0.2, 0.25) is 0 Å².